The molecule has 2 aliphatic rings. The van der Waals surface area contributed by atoms with Gasteiger partial charge in [-0.15, -0.1) is 0 Å². The zero-order valence-electron chi connectivity index (χ0n) is 11.4. The molecule has 0 spiro atoms. The van der Waals surface area contributed by atoms with E-state index in [0.717, 1.165) is 19.4 Å². The van der Waals surface area contributed by atoms with Gasteiger partial charge in [0.25, 0.3) is 0 Å². The molecular formula is C15H26N2O. The molecule has 0 aromatic rings. The van der Waals surface area contributed by atoms with Gasteiger partial charge in [-0.3, -0.25) is 4.90 Å². The molecular weight excluding hydrogens is 224 g/mol. The van der Waals surface area contributed by atoms with Crippen molar-refractivity contribution >= 4 is 0 Å². The molecule has 3 atom stereocenters. The molecule has 2 fully saturated rings. The van der Waals surface area contributed by atoms with Gasteiger partial charge in [0.15, 0.2) is 0 Å². The Balaban J connectivity index is 1.91. The number of hydrogen-bond donors (Lipinski definition) is 1. The van der Waals surface area contributed by atoms with Crippen molar-refractivity contribution in [1.29, 1.82) is 5.26 Å². The fourth-order valence-corrected chi connectivity index (χ4v) is 3.73. The number of rotatable bonds is 4. The summed E-state index contributed by atoms with van der Waals surface area (Å²) in [6.45, 7) is 2.21. The van der Waals surface area contributed by atoms with Crippen molar-refractivity contribution in [2.75, 3.05) is 13.1 Å². The Morgan fingerprint density at radius 1 is 1.11 bits per heavy atom. The maximum atomic E-state index is 10.2. The Morgan fingerprint density at radius 2 is 1.89 bits per heavy atom. The highest BCUT2D eigenvalue weighted by molar-refractivity contribution is 4.89. The number of aliphatic hydroxyl groups excluding tert-OH is 1. The molecule has 1 saturated heterocycles. The van der Waals surface area contributed by atoms with Crippen LogP contribution in [-0.4, -0.2) is 35.2 Å². The summed E-state index contributed by atoms with van der Waals surface area (Å²) >= 11 is 0. The Bertz CT molecular complexity index is 287. The first-order valence-corrected chi connectivity index (χ1v) is 7.62. The van der Waals surface area contributed by atoms with Gasteiger partial charge in [-0.25, -0.2) is 0 Å². The Kier molecular flexibility index (Phi) is 5.46. The predicted octanol–water partition coefficient (Wildman–Crippen LogP) is 2.70. The highest BCUT2D eigenvalue weighted by atomic mass is 16.3. The van der Waals surface area contributed by atoms with Gasteiger partial charge < -0.3 is 5.11 Å². The topological polar surface area (TPSA) is 47.3 Å². The van der Waals surface area contributed by atoms with E-state index in [1.807, 2.05) is 0 Å². The van der Waals surface area contributed by atoms with E-state index in [4.69, 9.17) is 5.26 Å². The SMILES string of the molecule is N#CCCCN1CCCCC1C1CCCCC1O. The highest BCUT2D eigenvalue weighted by Gasteiger charge is 2.35. The smallest absolute Gasteiger partial charge is 0.0622 e. The first-order chi connectivity index (χ1) is 8.83. The lowest BCUT2D eigenvalue weighted by Crippen LogP contribution is -2.48. The standard InChI is InChI=1S/C15H26N2O/c16-10-4-6-12-17-11-5-3-8-14(17)13-7-1-2-9-15(13)18/h13-15,18H,1-9,11-12H2. The van der Waals surface area contributed by atoms with Crippen molar-refractivity contribution < 1.29 is 5.11 Å². The second kappa shape index (κ2) is 7.11. The Hall–Kier alpha value is -0.590. The van der Waals surface area contributed by atoms with Crippen molar-refractivity contribution in [3.05, 3.63) is 0 Å². The monoisotopic (exact) mass is 250 g/mol. The summed E-state index contributed by atoms with van der Waals surface area (Å²) in [5.41, 5.74) is 0. The van der Waals surface area contributed by atoms with Crippen LogP contribution in [0, 0.1) is 17.2 Å². The third-order valence-corrected chi connectivity index (χ3v) is 4.67. The van der Waals surface area contributed by atoms with Crippen molar-refractivity contribution in [1.82, 2.24) is 4.90 Å². The average molecular weight is 250 g/mol. The van der Waals surface area contributed by atoms with Crippen molar-refractivity contribution in [3.63, 3.8) is 0 Å². The van der Waals surface area contributed by atoms with E-state index in [1.165, 1.54) is 45.1 Å². The second-order valence-corrected chi connectivity index (χ2v) is 5.88. The summed E-state index contributed by atoms with van der Waals surface area (Å²) < 4.78 is 0. The molecule has 3 nitrogen and oxygen atoms in total. The predicted molar refractivity (Wildman–Crippen MR) is 72.0 cm³/mol. The third kappa shape index (κ3) is 3.46. The second-order valence-electron chi connectivity index (χ2n) is 5.88. The number of aliphatic hydroxyl groups is 1. The fraction of sp³-hybridized carbons (Fsp3) is 0.933. The summed E-state index contributed by atoms with van der Waals surface area (Å²) in [6, 6.07) is 2.81. The lowest BCUT2D eigenvalue weighted by Gasteiger charge is -2.43. The molecule has 0 aromatic heterocycles. The van der Waals surface area contributed by atoms with Crippen LogP contribution in [0.1, 0.15) is 57.8 Å². The summed E-state index contributed by atoms with van der Waals surface area (Å²) in [5, 5.41) is 18.9. The molecule has 18 heavy (non-hydrogen) atoms. The molecule has 0 radical (unpaired) electrons. The minimum absolute atomic E-state index is 0.0830. The van der Waals surface area contributed by atoms with Crippen LogP contribution in [0.15, 0.2) is 0 Å². The van der Waals surface area contributed by atoms with E-state index < -0.39 is 0 Å². The Labute approximate surface area is 111 Å². The van der Waals surface area contributed by atoms with E-state index in [2.05, 4.69) is 11.0 Å². The molecule has 3 heteroatoms. The summed E-state index contributed by atoms with van der Waals surface area (Å²) in [4.78, 5) is 2.56. The molecule has 102 valence electrons. The van der Waals surface area contributed by atoms with Crippen LogP contribution in [0.2, 0.25) is 0 Å². The molecule has 1 heterocycles. The van der Waals surface area contributed by atoms with Gasteiger partial charge in [-0.1, -0.05) is 19.3 Å². The summed E-state index contributed by atoms with van der Waals surface area (Å²) in [6.07, 6.45) is 10.1. The van der Waals surface area contributed by atoms with Crippen LogP contribution >= 0.6 is 0 Å². The van der Waals surface area contributed by atoms with E-state index in [9.17, 15) is 5.11 Å². The normalized spacial score (nSPS) is 34.1. The quantitative estimate of drug-likeness (QED) is 0.780. The number of unbranched alkanes of at least 4 members (excludes halogenated alkanes) is 1. The zero-order valence-corrected chi connectivity index (χ0v) is 11.4. The van der Waals surface area contributed by atoms with Gasteiger partial charge in [-0.2, -0.15) is 5.26 Å². The number of piperidine rings is 1. The molecule has 1 aliphatic heterocycles. The van der Waals surface area contributed by atoms with Crippen molar-refractivity contribution in [3.8, 4) is 6.07 Å². The van der Waals surface area contributed by atoms with Gasteiger partial charge in [0.05, 0.1) is 12.2 Å². The van der Waals surface area contributed by atoms with Crippen LogP contribution in [0.5, 0.6) is 0 Å². The Morgan fingerprint density at radius 3 is 2.67 bits per heavy atom. The number of nitriles is 1. The molecule has 0 amide bonds. The molecule has 2 rings (SSSR count). The van der Waals surface area contributed by atoms with Gasteiger partial charge in [0, 0.05) is 18.4 Å². The number of hydrogen-bond acceptors (Lipinski definition) is 3. The molecule has 3 unspecified atom stereocenters. The van der Waals surface area contributed by atoms with Crippen LogP contribution in [0.4, 0.5) is 0 Å². The first-order valence-electron chi connectivity index (χ1n) is 7.62. The third-order valence-electron chi connectivity index (χ3n) is 4.67. The largest absolute Gasteiger partial charge is 0.393 e. The maximum absolute atomic E-state index is 10.2. The summed E-state index contributed by atoms with van der Waals surface area (Å²) in [5.74, 6) is 0.487. The van der Waals surface area contributed by atoms with Crippen molar-refractivity contribution in [2.24, 2.45) is 5.92 Å². The molecule has 0 aromatic carbocycles. The van der Waals surface area contributed by atoms with E-state index >= 15 is 0 Å². The van der Waals surface area contributed by atoms with Crippen LogP contribution in [0.25, 0.3) is 0 Å². The molecule has 1 aliphatic carbocycles. The lowest BCUT2D eigenvalue weighted by atomic mass is 9.78. The number of nitrogens with zero attached hydrogens (tertiary/aromatic N) is 2. The fourth-order valence-electron chi connectivity index (χ4n) is 3.73. The first kappa shape index (κ1) is 13.8. The van der Waals surface area contributed by atoms with Crippen LogP contribution in [-0.2, 0) is 0 Å². The number of likely N-dealkylation sites (tertiary alicyclic amines) is 1. The van der Waals surface area contributed by atoms with Gasteiger partial charge >= 0.3 is 0 Å². The highest BCUT2D eigenvalue weighted by Crippen LogP contribution is 2.34. The average Bonchev–Trinajstić information content (AvgIpc) is 2.40. The molecule has 0 bridgehead atoms. The molecule has 1 saturated carbocycles. The van der Waals surface area contributed by atoms with E-state index in [-0.39, 0.29) is 6.10 Å². The zero-order chi connectivity index (χ0) is 12.8. The van der Waals surface area contributed by atoms with E-state index in [0.29, 0.717) is 18.4 Å². The van der Waals surface area contributed by atoms with Gasteiger partial charge in [0.2, 0.25) is 0 Å². The van der Waals surface area contributed by atoms with Gasteiger partial charge in [-0.05, 0) is 45.2 Å². The minimum atomic E-state index is -0.0830. The van der Waals surface area contributed by atoms with Crippen molar-refractivity contribution in [2.45, 2.75) is 69.9 Å². The molecule has 1 N–H and O–H groups in total. The van der Waals surface area contributed by atoms with Crippen LogP contribution in [0.3, 0.4) is 0 Å². The maximum Gasteiger partial charge on any atom is 0.0622 e. The lowest BCUT2D eigenvalue weighted by molar-refractivity contribution is -0.00570. The van der Waals surface area contributed by atoms with E-state index in [1.54, 1.807) is 0 Å². The summed E-state index contributed by atoms with van der Waals surface area (Å²) in [7, 11) is 0. The van der Waals surface area contributed by atoms with Crippen LogP contribution < -0.4 is 0 Å². The minimum Gasteiger partial charge on any atom is -0.393 e. The van der Waals surface area contributed by atoms with Gasteiger partial charge in [0.1, 0.15) is 0 Å².